The van der Waals surface area contributed by atoms with Crippen LogP contribution in [0.4, 0.5) is 11.4 Å². The number of carbonyl (C=O) groups is 3. The summed E-state index contributed by atoms with van der Waals surface area (Å²) in [6, 6.07) is 5.85. The Morgan fingerprint density at radius 3 is 2.40 bits per heavy atom. The lowest BCUT2D eigenvalue weighted by Gasteiger charge is -2.38. The monoisotopic (exact) mass is 884 g/mol. The zero-order chi connectivity index (χ0) is 45.7. The van der Waals surface area contributed by atoms with Crippen LogP contribution in [0.3, 0.4) is 0 Å². The summed E-state index contributed by atoms with van der Waals surface area (Å²) < 4.78 is 25.0. The fourth-order valence-corrected chi connectivity index (χ4v) is 10.0. The average Bonchev–Trinajstić information content (AvgIpc) is 3.53. The number of fused-ring (bicyclic) bond motifs is 2. The molecule has 4 bridgehead atoms. The number of piperazine rings is 1. The topological polar surface area (TPSA) is 206 Å². The Hall–Kier alpha value is -5.39. The summed E-state index contributed by atoms with van der Waals surface area (Å²) in [5.74, 6) is -6.78. The van der Waals surface area contributed by atoms with Crippen molar-refractivity contribution in [2.24, 2.45) is 23.7 Å². The molecule has 1 fully saturated rings. The van der Waals surface area contributed by atoms with Gasteiger partial charge in [-0.1, -0.05) is 45.9 Å². The Labute approximate surface area is 369 Å². The van der Waals surface area contributed by atoms with E-state index in [0.29, 0.717) is 10.2 Å². The van der Waals surface area contributed by atoms with Crippen molar-refractivity contribution in [1.82, 2.24) is 10.3 Å². The van der Waals surface area contributed by atoms with Crippen LogP contribution < -0.4 is 25.7 Å². The fourth-order valence-electron chi connectivity index (χ4n) is 8.91. The van der Waals surface area contributed by atoms with E-state index in [-0.39, 0.29) is 44.4 Å². The second kappa shape index (κ2) is 18.0. The van der Waals surface area contributed by atoms with Gasteiger partial charge in [-0.3, -0.25) is 19.2 Å². The molecule has 9 atom stereocenters. The van der Waals surface area contributed by atoms with Gasteiger partial charge >= 0.3 is 11.8 Å². The van der Waals surface area contributed by atoms with Crippen molar-refractivity contribution in [1.29, 1.82) is 0 Å². The molecule has 336 valence electrons. The molecule has 4 heterocycles. The van der Waals surface area contributed by atoms with Crippen LogP contribution in [0.1, 0.15) is 64.4 Å². The number of Topliss-reactive ketones (excluding diaryl/α,β-unsaturated/α-hetero) is 1. The number of phenolic OH excluding ortho intramolecular Hbond substituents is 1. The van der Waals surface area contributed by atoms with Crippen LogP contribution in [-0.2, 0) is 23.8 Å². The number of ketones is 1. The Bertz CT molecular complexity index is 2640. The molecule has 7 rings (SSSR count). The summed E-state index contributed by atoms with van der Waals surface area (Å²) in [5.41, 5.74) is 1.33. The van der Waals surface area contributed by atoms with Gasteiger partial charge in [0.25, 0.3) is 11.7 Å². The number of benzene rings is 3. The Kier molecular flexibility index (Phi) is 13.0. The number of aromatic nitrogens is 1. The number of nitrogens with one attached hydrogen (secondary N) is 2. The van der Waals surface area contributed by atoms with Gasteiger partial charge in [0.1, 0.15) is 17.5 Å². The summed E-state index contributed by atoms with van der Waals surface area (Å²) in [6.45, 7) is 16.0. The van der Waals surface area contributed by atoms with Gasteiger partial charge in [-0.2, -0.15) is 0 Å². The van der Waals surface area contributed by atoms with Crippen molar-refractivity contribution in [3.8, 4) is 11.5 Å². The predicted molar refractivity (Wildman–Crippen MR) is 243 cm³/mol. The van der Waals surface area contributed by atoms with Crippen LogP contribution in [-0.4, -0.2) is 101 Å². The first-order valence-electron chi connectivity index (χ1n) is 21.2. The van der Waals surface area contributed by atoms with Gasteiger partial charge in [-0.15, -0.1) is 11.3 Å². The molecule has 15 nitrogen and oxygen atoms in total. The lowest BCUT2D eigenvalue weighted by atomic mass is 9.78. The first-order valence-corrected chi connectivity index (χ1v) is 22.1. The second-order valence-corrected chi connectivity index (χ2v) is 18.2. The third-order valence-corrected chi connectivity index (χ3v) is 13.9. The van der Waals surface area contributed by atoms with Crippen molar-refractivity contribution in [2.75, 3.05) is 43.5 Å². The normalized spacial score (nSPS) is 30.5. The number of aromatic hydroxyl groups is 1. The number of carbonyl (C=O) groups excluding carboxylic acids is 3. The van der Waals surface area contributed by atoms with Gasteiger partial charge in [-0.05, 0) is 38.1 Å². The molecule has 0 aliphatic carbocycles. The standard InChI is InChI=1S/C47H56N4O11S/c1-22-11-10-12-23(2)46(58)50-37-41(56)34-33(36-44(37)63-32-21-29(13-14-30(32)49-36)51-18-16-48-17-19-51)35-43(27(6)40(34)55)62-47(8,45(35)57)60-20-15-31(59-9)24(3)42(61-28(7)52)26(5)39(54)25(4)38(22)53/h10-15,20-22,24-26,31,38-39,42,48,53-54,56H,16-19H2,1-9H3,(H,50,58)/b11-10+,20-15+,23-12-/t22-,24+,25+,26+,31-,38-,39+,42+,47-/m0/s1. The van der Waals surface area contributed by atoms with Crippen LogP contribution >= 0.6 is 11.3 Å². The first kappa shape index (κ1) is 45.6. The zero-order valence-electron chi connectivity index (χ0n) is 37.0. The molecule has 0 unspecified atom stereocenters. The van der Waals surface area contributed by atoms with Crippen LogP contribution in [0.5, 0.6) is 11.5 Å². The molecule has 1 saturated heterocycles. The molecule has 0 spiro atoms. The average molecular weight is 885 g/mol. The summed E-state index contributed by atoms with van der Waals surface area (Å²) in [6.07, 6.45) is 3.85. The second-order valence-electron chi connectivity index (χ2n) is 17.1. The molecule has 1 aromatic heterocycles. The number of allylic oxidation sites excluding steroid dienone is 2. The molecule has 16 heteroatoms. The number of phenols is 1. The van der Waals surface area contributed by atoms with E-state index in [2.05, 4.69) is 15.5 Å². The number of rotatable bonds is 3. The zero-order valence-corrected chi connectivity index (χ0v) is 37.8. The number of aliphatic hydroxyl groups is 2. The van der Waals surface area contributed by atoms with Crippen LogP contribution in [0.2, 0.25) is 0 Å². The van der Waals surface area contributed by atoms with Crippen LogP contribution in [0.15, 0.2) is 59.1 Å². The molecule has 1 amide bonds. The number of methoxy groups -OCH3 is 1. The van der Waals surface area contributed by atoms with Gasteiger partial charge in [0.2, 0.25) is 0 Å². The summed E-state index contributed by atoms with van der Waals surface area (Å²) in [5, 5.41) is 41.2. The van der Waals surface area contributed by atoms with Gasteiger partial charge in [0.05, 0.1) is 56.0 Å². The van der Waals surface area contributed by atoms with Gasteiger partial charge in [0.15, 0.2) is 11.2 Å². The number of hydrogen-bond donors (Lipinski definition) is 5. The highest BCUT2D eigenvalue weighted by atomic mass is 32.1. The fraction of sp³-hybridized carbons (Fsp3) is 0.468. The largest absolute Gasteiger partial charge is 0.505 e. The number of aliphatic hydroxyl groups excluding tert-OH is 2. The molecule has 0 radical (unpaired) electrons. The van der Waals surface area contributed by atoms with E-state index in [1.807, 2.05) is 18.2 Å². The smallest absolute Gasteiger partial charge is 0.312 e. The minimum Gasteiger partial charge on any atom is -0.505 e. The van der Waals surface area contributed by atoms with Gasteiger partial charge in [-0.25, -0.2) is 4.98 Å². The molecule has 3 aliphatic rings. The molecule has 3 aliphatic heterocycles. The Morgan fingerprint density at radius 1 is 1.00 bits per heavy atom. The highest BCUT2D eigenvalue weighted by Gasteiger charge is 2.49. The molecular weight excluding hydrogens is 829 g/mol. The van der Waals surface area contributed by atoms with Crippen molar-refractivity contribution in [3.05, 3.63) is 75.7 Å². The summed E-state index contributed by atoms with van der Waals surface area (Å²) in [7, 11) is 1.46. The molecule has 63 heavy (non-hydrogen) atoms. The van der Waals surface area contributed by atoms with E-state index in [9.17, 15) is 34.5 Å². The molecular formula is C47H56N4O11S. The number of esters is 1. The van der Waals surface area contributed by atoms with E-state index < -0.39 is 82.7 Å². The lowest BCUT2D eigenvalue weighted by molar-refractivity contribution is -0.160. The minimum absolute atomic E-state index is 0.0110. The van der Waals surface area contributed by atoms with E-state index in [1.54, 1.807) is 52.8 Å². The third kappa shape index (κ3) is 8.42. The van der Waals surface area contributed by atoms with Crippen molar-refractivity contribution >= 4 is 71.6 Å². The maximum Gasteiger partial charge on any atom is 0.312 e. The van der Waals surface area contributed by atoms with E-state index in [4.69, 9.17) is 23.9 Å². The molecule has 4 aromatic rings. The van der Waals surface area contributed by atoms with Crippen molar-refractivity contribution < 1.29 is 48.7 Å². The first-order chi connectivity index (χ1) is 29.9. The van der Waals surface area contributed by atoms with Gasteiger partial charge in [0, 0.05) is 93.0 Å². The predicted octanol–water partition coefficient (Wildman–Crippen LogP) is 5.88. The maximum absolute atomic E-state index is 14.8. The van der Waals surface area contributed by atoms with Gasteiger partial charge < -0.3 is 49.8 Å². The van der Waals surface area contributed by atoms with Crippen LogP contribution in [0.25, 0.3) is 31.2 Å². The minimum atomic E-state index is -2.00. The molecule has 0 saturated carbocycles. The quantitative estimate of drug-likeness (QED) is 0.0706. The number of ether oxygens (including phenoxy) is 4. The van der Waals surface area contributed by atoms with Crippen LogP contribution in [0, 0.1) is 30.6 Å². The maximum atomic E-state index is 14.8. The van der Waals surface area contributed by atoms with Crippen molar-refractivity contribution in [2.45, 2.75) is 85.6 Å². The molecule has 5 N–H and O–H groups in total. The molecule has 3 aromatic carbocycles. The van der Waals surface area contributed by atoms with E-state index >= 15 is 0 Å². The third-order valence-electron chi connectivity index (χ3n) is 12.8. The Morgan fingerprint density at radius 2 is 1.71 bits per heavy atom. The van der Waals surface area contributed by atoms with Crippen molar-refractivity contribution in [3.63, 3.8) is 0 Å². The number of hydrogen-bond acceptors (Lipinski definition) is 15. The number of anilines is 2. The summed E-state index contributed by atoms with van der Waals surface area (Å²) in [4.78, 5) is 62.8. The SMILES string of the molecule is CO[C@H]1/C=C/O[C@@]2(C)Oc3c(C)c(=O)c4c(O)c(c5sc6cc(N7CCNCC7)ccc6nc5c4c3C2=O)NC(=O)/C(C)=C\C=C\[C@H](C)[C@H](O)[C@@H](C)[C@@H](O)[C@@H](C)[C@H](OC(C)=O)[C@@H]1C. The number of nitrogens with zero attached hydrogens (tertiary/aromatic N) is 2. The highest BCUT2D eigenvalue weighted by molar-refractivity contribution is 7.25. The Balaban J connectivity index is 1.44. The highest BCUT2D eigenvalue weighted by Crippen LogP contribution is 2.49. The summed E-state index contributed by atoms with van der Waals surface area (Å²) >= 11 is 1.25. The number of amides is 1. The van der Waals surface area contributed by atoms with E-state index in [0.717, 1.165) is 36.6 Å². The lowest BCUT2D eigenvalue weighted by Crippen LogP contribution is -2.46. The van der Waals surface area contributed by atoms with E-state index in [1.165, 1.54) is 51.6 Å².